The maximum Gasteiger partial charge on any atom is 0.337 e. The minimum atomic E-state index is -1.30. The first kappa shape index (κ1) is 31.2. The van der Waals surface area contributed by atoms with Crippen LogP contribution in [0, 0.1) is 12.7 Å². The van der Waals surface area contributed by atoms with Crippen LogP contribution < -0.4 is 4.90 Å². The highest BCUT2D eigenvalue weighted by molar-refractivity contribution is 5.83. The predicted octanol–water partition coefficient (Wildman–Crippen LogP) is 6.72. The van der Waals surface area contributed by atoms with Crippen LogP contribution in [0.15, 0.2) is 61.2 Å². The Morgan fingerprint density at radius 3 is 2.43 bits per heavy atom. The molecule has 0 spiro atoms. The lowest BCUT2D eigenvalue weighted by molar-refractivity contribution is -0.160. The molecule has 1 aliphatic rings. The number of benzene rings is 2. The second kappa shape index (κ2) is 12.0. The smallest absolute Gasteiger partial charge is 0.337 e. The second-order valence-corrected chi connectivity index (χ2v) is 12.4. The van der Waals surface area contributed by atoms with Gasteiger partial charge in [0.2, 0.25) is 0 Å². The number of carboxylic acids is 1. The number of rotatable bonds is 9. The van der Waals surface area contributed by atoms with E-state index in [1.165, 1.54) is 12.1 Å². The van der Waals surface area contributed by atoms with Gasteiger partial charge in [-0.2, -0.15) is 9.61 Å². The summed E-state index contributed by atoms with van der Waals surface area (Å²) in [5, 5.41) is 26.6. The van der Waals surface area contributed by atoms with Crippen LogP contribution in [0.1, 0.15) is 57.9 Å². The van der Waals surface area contributed by atoms with E-state index < -0.39 is 17.7 Å². The lowest BCUT2D eigenvalue weighted by atomic mass is 9.92. The van der Waals surface area contributed by atoms with Crippen molar-refractivity contribution in [3.8, 4) is 28.1 Å². The van der Waals surface area contributed by atoms with Crippen LogP contribution in [0.2, 0.25) is 0 Å². The average Bonchev–Trinajstić information content (AvgIpc) is 3.38. The van der Waals surface area contributed by atoms with Crippen LogP contribution in [0.4, 0.5) is 10.2 Å². The average molecular weight is 603 g/mol. The van der Waals surface area contributed by atoms with Crippen molar-refractivity contribution >= 4 is 17.4 Å². The number of hydrogen-bond donors (Lipinski definition) is 2. The van der Waals surface area contributed by atoms with E-state index >= 15 is 0 Å². The van der Waals surface area contributed by atoms with Gasteiger partial charge < -0.3 is 24.6 Å². The Kier molecular flexibility index (Phi) is 8.51. The van der Waals surface area contributed by atoms with E-state index in [9.17, 15) is 19.4 Å². The number of aryl methyl sites for hydroxylation is 1. The van der Waals surface area contributed by atoms with E-state index in [0.717, 1.165) is 0 Å². The van der Waals surface area contributed by atoms with Crippen LogP contribution in [-0.4, -0.2) is 61.7 Å². The van der Waals surface area contributed by atoms with E-state index in [1.807, 2.05) is 20.8 Å². The molecule has 1 fully saturated rings. The maximum absolute atomic E-state index is 13.6. The highest BCUT2D eigenvalue weighted by Crippen LogP contribution is 2.41. The predicted molar refractivity (Wildman–Crippen MR) is 167 cm³/mol. The molecule has 5 rings (SSSR count). The first-order valence-corrected chi connectivity index (χ1v) is 14.7. The molecule has 0 radical (unpaired) electrons. The van der Waals surface area contributed by atoms with Gasteiger partial charge in [0.05, 0.1) is 29.1 Å². The number of nitrogens with zero attached hydrogens (tertiary/aromatic N) is 4. The molecule has 4 aromatic rings. The Bertz CT molecular complexity index is 1680. The van der Waals surface area contributed by atoms with Gasteiger partial charge in [0.25, 0.3) is 0 Å². The number of para-hydroxylation sites is 1. The van der Waals surface area contributed by atoms with Gasteiger partial charge in [-0.1, -0.05) is 30.3 Å². The van der Waals surface area contributed by atoms with Crippen molar-refractivity contribution < 1.29 is 28.9 Å². The zero-order valence-corrected chi connectivity index (χ0v) is 25.8. The van der Waals surface area contributed by atoms with Crippen molar-refractivity contribution in [1.82, 2.24) is 14.6 Å². The molecule has 10 heteroatoms. The number of piperidine rings is 1. The summed E-state index contributed by atoms with van der Waals surface area (Å²) in [6.45, 7) is 14.7. The number of aliphatic carboxylic acids is 1. The first-order chi connectivity index (χ1) is 20.8. The van der Waals surface area contributed by atoms with Gasteiger partial charge in [0, 0.05) is 36.0 Å². The molecule has 2 aromatic carbocycles. The maximum atomic E-state index is 13.6. The molecule has 44 heavy (non-hydrogen) atoms. The van der Waals surface area contributed by atoms with Gasteiger partial charge >= 0.3 is 5.97 Å². The highest BCUT2D eigenvalue weighted by Gasteiger charge is 2.37. The normalized spacial score (nSPS) is 15.8. The van der Waals surface area contributed by atoms with E-state index in [2.05, 4.69) is 18.4 Å². The molecular weight excluding hydrogens is 563 g/mol. The summed E-state index contributed by atoms with van der Waals surface area (Å²) in [4.78, 5) is 19.6. The summed E-state index contributed by atoms with van der Waals surface area (Å²) < 4.78 is 27.4. The monoisotopic (exact) mass is 602 g/mol. The minimum Gasteiger partial charge on any atom is -0.507 e. The van der Waals surface area contributed by atoms with Crippen LogP contribution in [0.3, 0.4) is 0 Å². The van der Waals surface area contributed by atoms with E-state index in [-0.39, 0.29) is 17.2 Å². The number of fused-ring (bicyclic) bond motifs is 1. The summed E-state index contributed by atoms with van der Waals surface area (Å²) >= 11 is 0. The highest BCUT2D eigenvalue weighted by atomic mass is 19.1. The molecule has 0 amide bonds. The number of hydrogen-bond acceptors (Lipinski definition) is 7. The number of aromatic nitrogens is 3. The van der Waals surface area contributed by atoms with E-state index in [0.29, 0.717) is 77.6 Å². The Morgan fingerprint density at radius 2 is 1.82 bits per heavy atom. The third-order valence-electron chi connectivity index (χ3n) is 7.90. The molecule has 1 atom stereocenters. The lowest BCUT2D eigenvalue weighted by Crippen LogP contribution is -2.45. The van der Waals surface area contributed by atoms with Crippen molar-refractivity contribution in [3.05, 3.63) is 78.3 Å². The summed E-state index contributed by atoms with van der Waals surface area (Å²) in [6.07, 6.45) is 1.85. The van der Waals surface area contributed by atoms with Crippen molar-refractivity contribution in [2.75, 3.05) is 24.6 Å². The Balaban J connectivity index is 1.66. The summed E-state index contributed by atoms with van der Waals surface area (Å²) in [5.41, 5.74) is 2.45. The van der Waals surface area contributed by atoms with Gasteiger partial charge in [-0.15, -0.1) is 6.58 Å². The van der Waals surface area contributed by atoms with Gasteiger partial charge in [-0.05, 0) is 71.2 Å². The van der Waals surface area contributed by atoms with Gasteiger partial charge in [0.15, 0.2) is 11.8 Å². The van der Waals surface area contributed by atoms with Crippen molar-refractivity contribution in [2.45, 2.75) is 64.8 Å². The lowest BCUT2D eigenvalue weighted by Gasteiger charge is -2.41. The number of phenols is 1. The third-order valence-corrected chi connectivity index (χ3v) is 7.90. The topological polar surface area (TPSA) is 109 Å². The SMILES string of the molecule is C=CCOC1(C)CCN(c2c(C(OC(C)(C)C)C(=O)O)c(C)nc3cc(-c4cccc(-c5ccc(F)cc5)c4O)nn23)CC1. The summed E-state index contributed by atoms with van der Waals surface area (Å²) in [7, 11) is 0. The van der Waals surface area contributed by atoms with Crippen LogP contribution in [0.5, 0.6) is 5.75 Å². The number of aromatic hydroxyl groups is 1. The quantitative estimate of drug-likeness (QED) is 0.203. The number of halogens is 1. The fourth-order valence-corrected chi connectivity index (χ4v) is 5.65. The number of carboxylic acid groups (broad SMARTS) is 1. The fourth-order valence-electron chi connectivity index (χ4n) is 5.65. The molecule has 2 aromatic heterocycles. The molecule has 232 valence electrons. The standard InChI is InChI=1S/C34H39FN4O5/c1-7-19-43-34(6)15-17-38(18-16-34)31-28(30(32(41)42)44-33(3,4)5)21(2)36-27-20-26(37-39(27)31)25-10-8-9-24(29(25)40)22-11-13-23(35)14-12-22/h7-14,20,30,40H,1,15-19H2,2-6H3,(H,41,42). The molecule has 0 aliphatic carbocycles. The Labute approximate surface area is 256 Å². The van der Waals surface area contributed by atoms with Gasteiger partial charge in [-0.25, -0.2) is 14.2 Å². The van der Waals surface area contributed by atoms with Crippen molar-refractivity contribution in [3.63, 3.8) is 0 Å². The Hall–Kier alpha value is -4.28. The Morgan fingerprint density at radius 1 is 1.16 bits per heavy atom. The van der Waals surface area contributed by atoms with Crippen LogP contribution in [-0.2, 0) is 14.3 Å². The molecule has 0 bridgehead atoms. The summed E-state index contributed by atoms with van der Waals surface area (Å²) in [6, 6.07) is 13.0. The van der Waals surface area contributed by atoms with Crippen molar-refractivity contribution in [2.24, 2.45) is 0 Å². The fraction of sp³-hybridized carbons (Fsp3) is 0.382. The van der Waals surface area contributed by atoms with Gasteiger partial charge in [-0.3, -0.25) is 0 Å². The van der Waals surface area contributed by atoms with Gasteiger partial charge in [0.1, 0.15) is 17.4 Å². The molecular formula is C34H39FN4O5. The first-order valence-electron chi connectivity index (χ1n) is 14.7. The van der Waals surface area contributed by atoms with E-state index in [4.69, 9.17) is 19.6 Å². The van der Waals surface area contributed by atoms with E-state index in [1.54, 1.807) is 53.9 Å². The van der Waals surface area contributed by atoms with Crippen LogP contribution >= 0.6 is 0 Å². The molecule has 1 aliphatic heterocycles. The minimum absolute atomic E-state index is 0.00593. The number of carbonyl (C=O) groups is 1. The zero-order chi connectivity index (χ0) is 31.8. The molecule has 2 N–H and O–H groups in total. The summed E-state index contributed by atoms with van der Waals surface area (Å²) in [5.74, 6) is -0.919. The number of phenolic OH excluding ortho intramolecular Hbond substituents is 1. The number of ether oxygens (including phenoxy) is 2. The molecule has 0 saturated carbocycles. The molecule has 3 heterocycles. The third kappa shape index (κ3) is 6.32. The molecule has 1 saturated heterocycles. The largest absolute Gasteiger partial charge is 0.507 e. The number of anilines is 1. The zero-order valence-electron chi connectivity index (χ0n) is 25.8. The van der Waals surface area contributed by atoms with Crippen LogP contribution in [0.25, 0.3) is 28.0 Å². The second-order valence-electron chi connectivity index (χ2n) is 12.4. The molecule has 1 unspecified atom stereocenters. The van der Waals surface area contributed by atoms with Crippen molar-refractivity contribution in [1.29, 1.82) is 0 Å². The molecule has 9 nitrogen and oxygen atoms in total.